The van der Waals surface area contributed by atoms with Crippen molar-refractivity contribution in [2.24, 2.45) is 5.41 Å². The van der Waals surface area contributed by atoms with Crippen LogP contribution >= 0.6 is 11.3 Å². The van der Waals surface area contributed by atoms with Crippen molar-refractivity contribution in [3.05, 3.63) is 21.9 Å². The average Bonchev–Trinajstić information content (AvgIpc) is 3.01. The van der Waals surface area contributed by atoms with E-state index in [2.05, 4.69) is 45.1 Å². The van der Waals surface area contributed by atoms with Gasteiger partial charge in [-0.15, -0.1) is 11.3 Å². The van der Waals surface area contributed by atoms with Crippen LogP contribution in [0.4, 0.5) is 0 Å². The maximum atomic E-state index is 12.1. The lowest BCUT2D eigenvalue weighted by Crippen LogP contribution is -2.38. The lowest BCUT2D eigenvalue weighted by Gasteiger charge is -2.23. The molecular formula is C16H25NOS. The molecule has 0 radical (unpaired) electrons. The van der Waals surface area contributed by atoms with Gasteiger partial charge in [-0.05, 0) is 43.7 Å². The van der Waals surface area contributed by atoms with Gasteiger partial charge < -0.3 is 5.32 Å². The second kappa shape index (κ2) is 5.66. The van der Waals surface area contributed by atoms with E-state index in [1.807, 2.05) is 11.3 Å². The van der Waals surface area contributed by atoms with Crippen LogP contribution in [0.3, 0.4) is 0 Å². The average molecular weight is 279 g/mol. The van der Waals surface area contributed by atoms with E-state index in [1.165, 1.54) is 9.75 Å². The second-order valence-corrected chi connectivity index (χ2v) is 7.79. The van der Waals surface area contributed by atoms with Gasteiger partial charge in [-0.2, -0.15) is 0 Å². The molecule has 1 heterocycles. The van der Waals surface area contributed by atoms with Crippen molar-refractivity contribution in [1.29, 1.82) is 0 Å². The Balaban J connectivity index is 1.86. The van der Waals surface area contributed by atoms with E-state index in [-0.39, 0.29) is 11.3 Å². The largest absolute Gasteiger partial charge is 0.353 e. The minimum absolute atomic E-state index is 0.218. The standard InChI is InChI=1S/C16H25NOS/c1-11(2)14-8-7-13(19-14)9-10-16(3,4)15(18)17-12-5-6-12/h7-8,11-12H,5-6,9-10H2,1-4H3,(H,17,18). The topological polar surface area (TPSA) is 29.1 Å². The molecular weight excluding hydrogens is 254 g/mol. The SMILES string of the molecule is CC(C)c1ccc(CCC(C)(C)C(=O)NC2CC2)s1. The summed E-state index contributed by atoms with van der Waals surface area (Å²) in [5, 5.41) is 3.12. The smallest absolute Gasteiger partial charge is 0.225 e. The van der Waals surface area contributed by atoms with Gasteiger partial charge >= 0.3 is 0 Å². The molecule has 1 fully saturated rings. The first-order valence-corrected chi connectivity index (χ1v) is 8.10. The Kier molecular flexibility index (Phi) is 4.34. The number of rotatable bonds is 6. The van der Waals surface area contributed by atoms with Crippen LogP contribution in [0.1, 0.15) is 62.6 Å². The van der Waals surface area contributed by atoms with Crippen LogP contribution in [0.15, 0.2) is 12.1 Å². The fraction of sp³-hybridized carbons (Fsp3) is 0.688. The van der Waals surface area contributed by atoms with Gasteiger partial charge in [-0.1, -0.05) is 27.7 Å². The minimum atomic E-state index is -0.259. The van der Waals surface area contributed by atoms with E-state index in [9.17, 15) is 4.79 Å². The van der Waals surface area contributed by atoms with E-state index < -0.39 is 0 Å². The van der Waals surface area contributed by atoms with Crippen molar-refractivity contribution >= 4 is 17.2 Å². The molecule has 1 aliphatic carbocycles. The number of hydrogen-bond acceptors (Lipinski definition) is 2. The third kappa shape index (κ3) is 4.07. The van der Waals surface area contributed by atoms with Crippen molar-refractivity contribution in [3.8, 4) is 0 Å². The molecule has 2 nitrogen and oxygen atoms in total. The van der Waals surface area contributed by atoms with Crippen molar-refractivity contribution in [3.63, 3.8) is 0 Å². The first kappa shape index (κ1) is 14.6. The molecule has 0 atom stereocenters. The monoisotopic (exact) mass is 279 g/mol. The highest BCUT2D eigenvalue weighted by molar-refractivity contribution is 7.12. The zero-order valence-electron chi connectivity index (χ0n) is 12.5. The van der Waals surface area contributed by atoms with Crippen molar-refractivity contribution < 1.29 is 4.79 Å². The van der Waals surface area contributed by atoms with Crippen molar-refractivity contribution in [2.45, 2.75) is 65.3 Å². The van der Waals surface area contributed by atoms with Crippen LogP contribution in [0, 0.1) is 5.41 Å². The number of amides is 1. The van der Waals surface area contributed by atoms with E-state index in [0.29, 0.717) is 12.0 Å². The van der Waals surface area contributed by atoms with E-state index in [1.54, 1.807) is 0 Å². The molecule has 3 heteroatoms. The Hall–Kier alpha value is -0.830. The number of nitrogens with one attached hydrogen (secondary N) is 1. The predicted molar refractivity (Wildman–Crippen MR) is 81.7 cm³/mol. The molecule has 1 aromatic heterocycles. The minimum Gasteiger partial charge on any atom is -0.353 e. The molecule has 0 bridgehead atoms. The number of carbonyl (C=O) groups excluding carboxylic acids is 1. The molecule has 1 aromatic rings. The molecule has 106 valence electrons. The zero-order chi connectivity index (χ0) is 14.0. The zero-order valence-corrected chi connectivity index (χ0v) is 13.3. The molecule has 0 spiro atoms. The predicted octanol–water partition coefficient (Wildman–Crippen LogP) is 4.11. The van der Waals surface area contributed by atoms with E-state index in [4.69, 9.17) is 0 Å². The number of aryl methyl sites for hydroxylation is 1. The summed E-state index contributed by atoms with van der Waals surface area (Å²) < 4.78 is 0. The maximum Gasteiger partial charge on any atom is 0.225 e. The molecule has 1 amide bonds. The molecule has 0 unspecified atom stereocenters. The highest BCUT2D eigenvalue weighted by atomic mass is 32.1. The second-order valence-electron chi connectivity index (χ2n) is 6.59. The summed E-state index contributed by atoms with van der Waals surface area (Å²) in [5.41, 5.74) is -0.259. The Morgan fingerprint density at radius 1 is 1.42 bits per heavy atom. The highest BCUT2D eigenvalue weighted by Crippen LogP contribution is 2.30. The van der Waals surface area contributed by atoms with Gasteiger partial charge in [-0.3, -0.25) is 4.79 Å². The van der Waals surface area contributed by atoms with Crippen LogP contribution < -0.4 is 5.32 Å². The molecule has 1 saturated carbocycles. The summed E-state index contributed by atoms with van der Waals surface area (Å²) in [6.07, 6.45) is 4.24. The Morgan fingerprint density at radius 2 is 2.11 bits per heavy atom. The Morgan fingerprint density at radius 3 is 2.63 bits per heavy atom. The molecule has 2 rings (SSSR count). The Bertz CT molecular complexity index is 443. The fourth-order valence-corrected chi connectivity index (χ4v) is 3.01. The number of thiophene rings is 1. The van der Waals surface area contributed by atoms with Gasteiger partial charge in [0.15, 0.2) is 0 Å². The van der Waals surface area contributed by atoms with Crippen molar-refractivity contribution in [2.75, 3.05) is 0 Å². The fourth-order valence-electron chi connectivity index (χ4n) is 2.00. The molecule has 19 heavy (non-hydrogen) atoms. The first-order chi connectivity index (χ1) is 8.88. The van der Waals surface area contributed by atoms with Gasteiger partial charge in [0.2, 0.25) is 5.91 Å². The molecule has 0 aliphatic heterocycles. The summed E-state index contributed by atoms with van der Waals surface area (Å²) in [7, 11) is 0. The molecule has 0 saturated heterocycles. The third-order valence-corrected chi connectivity index (χ3v) is 5.22. The lowest BCUT2D eigenvalue weighted by molar-refractivity contribution is -0.129. The Labute approximate surface area is 120 Å². The van der Waals surface area contributed by atoms with Gasteiger partial charge in [-0.25, -0.2) is 0 Å². The highest BCUT2D eigenvalue weighted by Gasteiger charge is 2.32. The van der Waals surface area contributed by atoms with Crippen LogP contribution in [-0.2, 0) is 11.2 Å². The third-order valence-electron chi connectivity index (χ3n) is 3.78. The summed E-state index contributed by atoms with van der Waals surface area (Å²) in [6, 6.07) is 4.90. The maximum absolute atomic E-state index is 12.1. The van der Waals surface area contributed by atoms with Gasteiger partial charge in [0.05, 0.1) is 0 Å². The van der Waals surface area contributed by atoms with Gasteiger partial charge in [0.25, 0.3) is 0 Å². The molecule has 0 aromatic carbocycles. The summed E-state index contributed by atoms with van der Waals surface area (Å²) in [6.45, 7) is 8.56. The summed E-state index contributed by atoms with van der Waals surface area (Å²) in [4.78, 5) is 15.0. The molecule has 1 aliphatic rings. The van der Waals surface area contributed by atoms with Crippen LogP contribution in [-0.4, -0.2) is 11.9 Å². The quantitative estimate of drug-likeness (QED) is 0.834. The van der Waals surface area contributed by atoms with Crippen LogP contribution in [0.2, 0.25) is 0 Å². The van der Waals surface area contributed by atoms with Gasteiger partial charge in [0.1, 0.15) is 0 Å². The van der Waals surface area contributed by atoms with Gasteiger partial charge in [0, 0.05) is 21.2 Å². The summed E-state index contributed by atoms with van der Waals surface area (Å²) >= 11 is 1.89. The van der Waals surface area contributed by atoms with E-state index >= 15 is 0 Å². The number of carbonyl (C=O) groups is 1. The van der Waals surface area contributed by atoms with Crippen molar-refractivity contribution in [1.82, 2.24) is 5.32 Å². The van der Waals surface area contributed by atoms with E-state index in [0.717, 1.165) is 25.7 Å². The molecule has 1 N–H and O–H groups in total. The van der Waals surface area contributed by atoms with Crippen LogP contribution in [0.25, 0.3) is 0 Å². The van der Waals surface area contributed by atoms with Crippen LogP contribution in [0.5, 0.6) is 0 Å². The lowest BCUT2D eigenvalue weighted by atomic mass is 9.86. The summed E-state index contributed by atoms with van der Waals surface area (Å²) in [5.74, 6) is 0.820. The number of hydrogen-bond donors (Lipinski definition) is 1. The first-order valence-electron chi connectivity index (χ1n) is 7.28. The normalized spacial score (nSPS) is 15.8.